The third kappa shape index (κ3) is 7.77. The first-order valence-electron chi connectivity index (χ1n) is 17.6. The van der Waals surface area contributed by atoms with E-state index in [1.807, 2.05) is 30.4 Å². The number of cyclic esters (lactones) is 1. The quantitative estimate of drug-likeness (QED) is 0.372. The number of carbonyl (C=O) groups is 5. The van der Waals surface area contributed by atoms with Crippen molar-refractivity contribution in [3.8, 4) is 0 Å². The minimum absolute atomic E-state index is 0.0835. The Labute approximate surface area is 298 Å². The molecule has 3 fully saturated rings. The molecule has 5 amide bonds. The van der Waals surface area contributed by atoms with Crippen LogP contribution in [0.5, 0.6) is 0 Å². The molecule has 4 bridgehead atoms. The highest BCUT2D eigenvalue weighted by atomic mass is 32.2. The number of sulfonamides is 1. The SMILES string of the molecule is C=C[C@@H]1C[C@]1(NC(=O)[C@@H]1C[C@@H]2CN1C(=O)[C@H](C(C)(C)C)NC(=O)OCCCC=Cc1cccc3c1CN(CC3)C(=O)O2)C(=O)NS(=O)(=O)C1CC1. The van der Waals surface area contributed by atoms with Crippen molar-refractivity contribution in [3.63, 3.8) is 0 Å². The van der Waals surface area contributed by atoms with Crippen LogP contribution < -0.4 is 15.4 Å². The van der Waals surface area contributed by atoms with Crippen molar-refractivity contribution >= 4 is 46.0 Å². The van der Waals surface area contributed by atoms with Crippen LogP contribution in [0.1, 0.15) is 76.0 Å². The smallest absolute Gasteiger partial charge is 0.410 e. The molecule has 0 radical (unpaired) electrons. The third-order valence-corrected chi connectivity index (χ3v) is 12.2. The predicted molar refractivity (Wildman–Crippen MR) is 186 cm³/mol. The number of nitrogens with zero attached hydrogens (tertiary/aromatic N) is 2. The minimum atomic E-state index is -3.91. The van der Waals surface area contributed by atoms with Crippen molar-refractivity contribution < 1.29 is 41.9 Å². The first-order valence-corrected chi connectivity index (χ1v) is 19.1. The van der Waals surface area contributed by atoms with E-state index in [-0.39, 0.29) is 26.0 Å². The summed E-state index contributed by atoms with van der Waals surface area (Å²) in [5, 5.41) is 4.77. The Morgan fingerprint density at radius 3 is 2.61 bits per heavy atom. The van der Waals surface area contributed by atoms with Gasteiger partial charge in [0.2, 0.25) is 21.8 Å². The zero-order valence-corrected chi connectivity index (χ0v) is 30.1. The second-order valence-corrected chi connectivity index (χ2v) is 17.2. The summed E-state index contributed by atoms with van der Waals surface area (Å²) in [6.07, 6.45) is 5.97. The maximum atomic E-state index is 14.3. The average Bonchev–Trinajstić information content (AvgIpc) is 4.00. The second kappa shape index (κ2) is 14.0. The number of carbonyl (C=O) groups excluding carboxylic acids is 5. The fraction of sp³-hybridized carbons (Fsp3) is 0.583. The van der Waals surface area contributed by atoms with Gasteiger partial charge in [0.05, 0.1) is 18.4 Å². The lowest BCUT2D eigenvalue weighted by molar-refractivity contribution is -0.142. The standard InChI is InChI=1S/C36H47N5O9S/c1-5-24-19-36(24,32(44)39-51(47,48)26-13-14-26)38-30(42)28-18-25-20-41(28)31(43)29(35(2,3)4)37-33(45)49-17-8-6-7-10-22-11-9-12-23-15-16-40(21-27(22)23)34(46)50-25/h5,7,9-12,24-26,28-29H,1,6,8,13-21H2,2-4H3,(H,37,45)(H,38,42)(H,39,44)/t24-,25-,28+,29-,36-/m1/s1. The molecule has 3 aliphatic heterocycles. The summed E-state index contributed by atoms with van der Waals surface area (Å²) < 4.78 is 38.8. The Morgan fingerprint density at radius 2 is 1.92 bits per heavy atom. The number of allylic oxidation sites excluding steroid dienone is 1. The molecule has 3 heterocycles. The predicted octanol–water partition coefficient (Wildman–Crippen LogP) is 2.77. The number of hydrogen-bond acceptors (Lipinski definition) is 9. The van der Waals surface area contributed by atoms with Gasteiger partial charge in [0.1, 0.15) is 23.7 Å². The van der Waals surface area contributed by atoms with E-state index in [1.54, 1.807) is 25.7 Å². The lowest BCUT2D eigenvalue weighted by Gasteiger charge is -2.35. The van der Waals surface area contributed by atoms with Gasteiger partial charge in [-0.15, -0.1) is 6.58 Å². The number of rotatable bonds is 6. The molecule has 5 atom stereocenters. The molecule has 1 saturated heterocycles. The number of benzene rings is 1. The number of alkyl carbamates (subject to hydrolysis) is 1. The van der Waals surface area contributed by atoms with Gasteiger partial charge in [-0.25, -0.2) is 18.0 Å². The van der Waals surface area contributed by atoms with E-state index in [0.29, 0.717) is 45.2 Å². The number of amides is 5. The van der Waals surface area contributed by atoms with E-state index in [4.69, 9.17) is 9.47 Å². The Morgan fingerprint density at radius 1 is 1.16 bits per heavy atom. The van der Waals surface area contributed by atoms with E-state index < -0.39 is 80.2 Å². The van der Waals surface area contributed by atoms with E-state index in [9.17, 15) is 32.4 Å². The van der Waals surface area contributed by atoms with Crippen LogP contribution in [0, 0.1) is 11.3 Å². The summed E-state index contributed by atoms with van der Waals surface area (Å²) in [7, 11) is -3.91. The highest BCUT2D eigenvalue weighted by molar-refractivity contribution is 7.91. The topological polar surface area (TPSA) is 181 Å². The van der Waals surface area contributed by atoms with Gasteiger partial charge in [0.25, 0.3) is 5.91 Å². The molecule has 2 saturated carbocycles. The van der Waals surface area contributed by atoms with Crippen molar-refractivity contribution in [3.05, 3.63) is 53.6 Å². The molecule has 0 unspecified atom stereocenters. The first kappa shape index (κ1) is 36.4. The van der Waals surface area contributed by atoms with Gasteiger partial charge >= 0.3 is 12.2 Å². The zero-order valence-electron chi connectivity index (χ0n) is 29.3. The third-order valence-electron chi connectivity index (χ3n) is 10.4. The average molecular weight is 726 g/mol. The lowest BCUT2D eigenvalue weighted by Crippen LogP contribution is -2.60. The van der Waals surface area contributed by atoms with Gasteiger partial charge < -0.3 is 29.9 Å². The van der Waals surface area contributed by atoms with Crippen LogP contribution >= 0.6 is 0 Å². The molecule has 6 rings (SSSR count). The van der Waals surface area contributed by atoms with Crippen LogP contribution in [-0.4, -0.2) is 96.8 Å². The summed E-state index contributed by atoms with van der Waals surface area (Å²) in [6.45, 7) is 9.76. The van der Waals surface area contributed by atoms with Crippen LogP contribution in [0.3, 0.4) is 0 Å². The summed E-state index contributed by atoms with van der Waals surface area (Å²) in [6, 6.07) is 3.66. The Balaban J connectivity index is 1.28. The monoisotopic (exact) mass is 725 g/mol. The molecule has 1 aromatic carbocycles. The molecular weight excluding hydrogens is 678 g/mol. The largest absolute Gasteiger partial charge is 0.450 e. The molecular formula is C36H47N5O9S. The zero-order chi connectivity index (χ0) is 36.7. The molecule has 276 valence electrons. The molecule has 3 N–H and O–H groups in total. The van der Waals surface area contributed by atoms with Crippen LogP contribution in [0.25, 0.3) is 6.08 Å². The summed E-state index contributed by atoms with van der Waals surface area (Å²) in [5.74, 6) is -2.72. The van der Waals surface area contributed by atoms with Crippen molar-refractivity contribution in [2.45, 2.75) is 101 Å². The van der Waals surface area contributed by atoms with Gasteiger partial charge in [-0.2, -0.15) is 0 Å². The fourth-order valence-electron chi connectivity index (χ4n) is 7.08. The molecule has 1 aromatic rings. The molecule has 51 heavy (non-hydrogen) atoms. The maximum absolute atomic E-state index is 14.3. The van der Waals surface area contributed by atoms with E-state index in [2.05, 4.69) is 21.9 Å². The van der Waals surface area contributed by atoms with E-state index in [1.165, 1.54) is 11.0 Å². The van der Waals surface area contributed by atoms with E-state index in [0.717, 1.165) is 16.7 Å². The molecule has 14 nitrogen and oxygen atoms in total. The molecule has 2 aliphatic carbocycles. The maximum Gasteiger partial charge on any atom is 0.410 e. The highest BCUT2D eigenvalue weighted by Gasteiger charge is 2.62. The second-order valence-electron chi connectivity index (χ2n) is 15.2. The van der Waals surface area contributed by atoms with Gasteiger partial charge in [0.15, 0.2) is 0 Å². The summed E-state index contributed by atoms with van der Waals surface area (Å²) in [5.41, 5.74) is 0.717. The van der Waals surface area contributed by atoms with Crippen molar-refractivity contribution in [2.24, 2.45) is 11.3 Å². The Kier molecular flexibility index (Phi) is 9.96. The number of nitrogens with one attached hydrogen (secondary N) is 3. The van der Waals surface area contributed by atoms with Crippen molar-refractivity contribution in [2.75, 3.05) is 19.7 Å². The molecule has 15 heteroatoms. The fourth-order valence-corrected chi connectivity index (χ4v) is 8.44. The first-order chi connectivity index (χ1) is 24.1. The minimum Gasteiger partial charge on any atom is -0.450 e. The number of ether oxygens (including phenoxy) is 2. The molecule has 5 aliphatic rings. The molecule has 0 spiro atoms. The normalized spacial score (nSPS) is 28.6. The van der Waals surface area contributed by atoms with Gasteiger partial charge in [-0.05, 0) is 60.6 Å². The van der Waals surface area contributed by atoms with Crippen molar-refractivity contribution in [1.29, 1.82) is 0 Å². The van der Waals surface area contributed by atoms with Gasteiger partial charge in [-0.1, -0.05) is 57.2 Å². The Bertz CT molecular complexity index is 1750. The lowest BCUT2D eigenvalue weighted by atomic mass is 9.85. The number of hydrogen-bond donors (Lipinski definition) is 3. The van der Waals surface area contributed by atoms with Crippen LogP contribution in [0.2, 0.25) is 0 Å². The van der Waals surface area contributed by atoms with Crippen LogP contribution in [0.4, 0.5) is 9.59 Å². The van der Waals surface area contributed by atoms with Crippen LogP contribution in [-0.2, 0) is 46.8 Å². The van der Waals surface area contributed by atoms with E-state index >= 15 is 0 Å². The summed E-state index contributed by atoms with van der Waals surface area (Å²) >= 11 is 0. The summed E-state index contributed by atoms with van der Waals surface area (Å²) in [4.78, 5) is 71.3. The van der Waals surface area contributed by atoms with Gasteiger partial charge in [-0.3, -0.25) is 19.1 Å². The Hall–Kier alpha value is -4.40. The van der Waals surface area contributed by atoms with Gasteiger partial charge in [0, 0.05) is 25.4 Å². The molecule has 0 aromatic heterocycles. The highest BCUT2D eigenvalue weighted by Crippen LogP contribution is 2.45. The number of fused-ring (bicyclic) bond motifs is 3. The van der Waals surface area contributed by atoms with Crippen molar-refractivity contribution in [1.82, 2.24) is 25.2 Å². The van der Waals surface area contributed by atoms with Crippen LogP contribution in [0.15, 0.2) is 36.9 Å².